The SMILES string of the molecule is O=C(NCC1CN2C(=O)CC2O1)c1ccccc1. The van der Waals surface area contributed by atoms with Crippen LogP contribution in [0.4, 0.5) is 0 Å². The molecule has 0 bridgehead atoms. The Labute approximate surface area is 105 Å². The Balaban J connectivity index is 1.51. The van der Waals surface area contributed by atoms with Crippen LogP contribution in [0.3, 0.4) is 0 Å². The molecule has 3 rings (SSSR count). The quantitative estimate of drug-likeness (QED) is 0.784. The van der Waals surface area contributed by atoms with E-state index in [0.717, 1.165) is 0 Å². The molecule has 5 nitrogen and oxygen atoms in total. The molecule has 2 fully saturated rings. The second kappa shape index (κ2) is 4.42. The number of ether oxygens (including phenoxy) is 1. The van der Waals surface area contributed by atoms with Crippen LogP contribution >= 0.6 is 0 Å². The molecule has 0 radical (unpaired) electrons. The molecular formula is C13H14N2O3. The molecule has 2 atom stereocenters. The van der Waals surface area contributed by atoms with Crippen LogP contribution in [0.15, 0.2) is 30.3 Å². The molecule has 2 aliphatic heterocycles. The highest BCUT2D eigenvalue weighted by atomic mass is 16.5. The summed E-state index contributed by atoms with van der Waals surface area (Å²) >= 11 is 0. The van der Waals surface area contributed by atoms with Crippen molar-refractivity contribution in [3.63, 3.8) is 0 Å². The smallest absolute Gasteiger partial charge is 0.251 e. The number of rotatable bonds is 3. The van der Waals surface area contributed by atoms with Crippen molar-refractivity contribution in [1.29, 1.82) is 0 Å². The van der Waals surface area contributed by atoms with E-state index in [1.54, 1.807) is 17.0 Å². The van der Waals surface area contributed by atoms with Crippen LogP contribution in [0.5, 0.6) is 0 Å². The van der Waals surface area contributed by atoms with Crippen LogP contribution in [0.1, 0.15) is 16.8 Å². The lowest BCUT2D eigenvalue weighted by atomic mass is 10.2. The molecule has 0 aliphatic carbocycles. The molecule has 2 aliphatic rings. The zero-order valence-corrected chi connectivity index (χ0v) is 9.83. The van der Waals surface area contributed by atoms with Crippen molar-refractivity contribution in [1.82, 2.24) is 10.2 Å². The van der Waals surface area contributed by atoms with Gasteiger partial charge in [-0.1, -0.05) is 18.2 Å². The highest BCUT2D eigenvalue weighted by molar-refractivity contribution is 5.94. The van der Waals surface area contributed by atoms with Crippen molar-refractivity contribution in [3.8, 4) is 0 Å². The van der Waals surface area contributed by atoms with Crippen molar-refractivity contribution >= 4 is 11.8 Å². The molecule has 2 heterocycles. The summed E-state index contributed by atoms with van der Waals surface area (Å²) in [6, 6.07) is 9.05. The van der Waals surface area contributed by atoms with Crippen molar-refractivity contribution in [2.75, 3.05) is 13.1 Å². The first-order valence-electron chi connectivity index (χ1n) is 6.02. The maximum Gasteiger partial charge on any atom is 0.251 e. The highest BCUT2D eigenvalue weighted by Crippen LogP contribution is 2.28. The maximum atomic E-state index is 11.8. The van der Waals surface area contributed by atoms with Gasteiger partial charge in [-0.3, -0.25) is 9.59 Å². The van der Waals surface area contributed by atoms with Crippen LogP contribution in [0.25, 0.3) is 0 Å². The Kier molecular flexibility index (Phi) is 2.76. The van der Waals surface area contributed by atoms with E-state index in [-0.39, 0.29) is 24.1 Å². The fourth-order valence-corrected chi connectivity index (χ4v) is 2.26. The summed E-state index contributed by atoms with van der Waals surface area (Å²) in [5.74, 6) is 0.0247. The fourth-order valence-electron chi connectivity index (χ4n) is 2.26. The monoisotopic (exact) mass is 246 g/mol. The van der Waals surface area contributed by atoms with E-state index in [1.807, 2.05) is 18.2 Å². The highest BCUT2D eigenvalue weighted by Gasteiger charge is 2.45. The second-order valence-electron chi connectivity index (χ2n) is 4.54. The number of nitrogens with one attached hydrogen (secondary N) is 1. The predicted octanol–water partition coefficient (Wildman–Crippen LogP) is 0.374. The minimum absolute atomic E-state index is 0.0591. The number of carbonyl (C=O) groups excluding carboxylic acids is 2. The number of carbonyl (C=O) groups is 2. The largest absolute Gasteiger partial charge is 0.351 e. The van der Waals surface area contributed by atoms with Gasteiger partial charge in [0.15, 0.2) is 0 Å². The molecule has 94 valence electrons. The first-order valence-corrected chi connectivity index (χ1v) is 6.02. The standard InChI is InChI=1S/C13H14N2O3/c16-11-6-12-15(11)8-10(18-12)7-14-13(17)9-4-2-1-3-5-9/h1-5,10,12H,6-8H2,(H,14,17). The van der Waals surface area contributed by atoms with E-state index >= 15 is 0 Å². The van der Waals surface area contributed by atoms with Crippen molar-refractivity contribution in [2.24, 2.45) is 0 Å². The zero-order chi connectivity index (χ0) is 12.5. The summed E-state index contributed by atoms with van der Waals surface area (Å²) < 4.78 is 5.61. The Morgan fingerprint density at radius 3 is 2.83 bits per heavy atom. The molecule has 2 amide bonds. The number of benzene rings is 1. The topological polar surface area (TPSA) is 58.6 Å². The third-order valence-electron chi connectivity index (χ3n) is 3.29. The van der Waals surface area contributed by atoms with Crippen molar-refractivity contribution in [2.45, 2.75) is 18.8 Å². The third-order valence-corrected chi connectivity index (χ3v) is 3.29. The summed E-state index contributed by atoms with van der Waals surface area (Å²) in [5, 5.41) is 2.82. The first kappa shape index (κ1) is 11.2. The van der Waals surface area contributed by atoms with E-state index in [1.165, 1.54) is 0 Å². The lowest BCUT2D eigenvalue weighted by molar-refractivity contribution is -0.156. The van der Waals surface area contributed by atoms with Crippen LogP contribution in [-0.2, 0) is 9.53 Å². The van der Waals surface area contributed by atoms with Gasteiger partial charge in [-0.2, -0.15) is 0 Å². The van der Waals surface area contributed by atoms with Crippen molar-refractivity contribution < 1.29 is 14.3 Å². The molecule has 1 N–H and O–H groups in total. The van der Waals surface area contributed by atoms with Gasteiger partial charge in [0.2, 0.25) is 5.91 Å². The van der Waals surface area contributed by atoms with Crippen molar-refractivity contribution in [3.05, 3.63) is 35.9 Å². The molecule has 18 heavy (non-hydrogen) atoms. The van der Waals surface area contributed by atoms with Gasteiger partial charge in [0.05, 0.1) is 19.1 Å². The maximum absolute atomic E-state index is 11.8. The Bertz CT molecular complexity index is 474. The summed E-state index contributed by atoms with van der Waals surface area (Å²) in [5.41, 5.74) is 0.634. The lowest BCUT2D eigenvalue weighted by Gasteiger charge is -2.31. The number of fused-ring (bicyclic) bond motifs is 1. The van der Waals surface area contributed by atoms with Crippen LogP contribution in [0.2, 0.25) is 0 Å². The second-order valence-corrected chi connectivity index (χ2v) is 4.54. The molecule has 1 aromatic carbocycles. The molecule has 0 saturated carbocycles. The van der Waals surface area contributed by atoms with E-state index in [2.05, 4.69) is 5.32 Å². The molecule has 2 unspecified atom stereocenters. The fraction of sp³-hybridized carbons (Fsp3) is 0.385. The number of hydrogen-bond acceptors (Lipinski definition) is 3. The van der Waals surface area contributed by atoms with Gasteiger partial charge in [0, 0.05) is 12.1 Å². The van der Waals surface area contributed by atoms with Gasteiger partial charge in [0.25, 0.3) is 5.91 Å². The Hall–Kier alpha value is -1.88. The molecule has 5 heteroatoms. The normalized spacial score (nSPS) is 25.6. The average molecular weight is 246 g/mol. The van der Waals surface area contributed by atoms with Gasteiger partial charge in [-0.25, -0.2) is 0 Å². The Morgan fingerprint density at radius 2 is 2.17 bits per heavy atom. The summed E-state index contributed by atoms with van der Waals surface area (Å²) in [6.07, 6.45) is 0.327. The zero-order valence-electron chi connectivity index (χ0n) is 9.83. The number of hydrogen-bond donors (Lipinski definition) is 1. The molecule has 1 aromatic rings. The summed E-state index contributed by atoms with van der Waals surface area (Å²) in [4.78, 5) is 24.7. The summed E-state index contributed by atoms with van der Waals surface area (Å²) in [6.45, 7) is 1.02. The minimum Gasteiger partial charge on any atom is -0.351 e. The molecule has 0 spiro atoms. The van der Waals surface area contributed by atoms with Gasteiger partial charge in [0.1, 0.15) is 6.23 Å². The lowest BCUT2D eigenvalue weighted by Crippen LogP contribution is -2.48. The van der Waals surface area contributed by atoms with Crippen LogP contribution in [0, 0.1) is 0 Å². The molecular weight excluding hydrogens is 232 g/mol. The number of β-lactam (4-membered cyclic amide) rings is 1. The first-order chi connectivity index (χ1) is 8.74. The minimum atomic E-state index is -0.111. The van der Waals surface area contributed by atoms with Gasteiger partial charge in [-0.15, -0.1) is 0 Å². The third kappa shape index (κ3) is 1.97. The summed E-state index contributed by atoms with van der Waals surface area (Å²) in [7, 11) is 0. The van der Waals surface area contributed by atoms with E-state index in [0.29, 0.717) is 25.1 Å². The van der Waals surface area contributed by atoms with Crippen LogP contribution in [-0.4, -0.2) is 42.1 Å². The average Bonchev–Trinajstić information content (AvgIpc) is 2.74. The number of amides is 2. The van der Waals surface area contributed by atoms with Gasteiger partial charge < -0.3 is 15.0 Å². The molecule has 2 saturated heterocycles. The van der Waals surface area contributed by atoms with E-state index in [9.17, 15) is 9.59 Å². The van der Waals surface area contributed by atoms with Gasteiger partial charge in [-0.05, 0) is 12.1 Å². The molecule has 0 aromatic heterocycles. The number of nitrogens with zero attached hydrogens (tertiary/aromatic N) is 1. The van der Waals surface area contributed by atoms with E-state index < -0.39 is 0 Å². The van der Waals surface area contributed by atoms with Gasteiger partial charge >= 0.3 is 0 Å². The van der Waals surface area contributed by atoms with Crippen LogP contribution < -0.4 is 5.32 Å². The van der Waals surface area contributed by atoms with E-state index in [4.69, 9.17) is 4.74 Å². The predicted molar refractivity (Wildman–Crippen MR) is 63.8 cm³/mol. The Morgan fingerprint density at radius 1 is 1.39 bits per heavy atom.